The standard InChI is InChI=1S/C20H19N3O4S/c1-14-18(23-20(27-14)15-7-9-17(26-2)10-8-15)11-12-22-28(24,25)19-6-4-3-5-16(19)13-21/h3-10,22H,11-12H2,1-2H3. The van der Waals surface area contributed by atoms with Crippen LogP contribution < -0.4 is 9.46 Å². The second-order valence-electron chi connectivity index (χ2n) is 6.01. The van der Waals surface area contributed by atoms with Crippen molar-refractivity contribution in [1.82, 2.24) is 9.71 Å². The van der Waals surface area contributed by atoms with E-state index in [4.69, 9.17) is 14.4 Å². The zero-order chi connectivity index (χ0) is 20.1. The summed E-state index contributed by atoms with van der Waals surface area (Å²) in [4.78, 5) is 4.43. The second-order valence-corrected chi connectivity index (χ2v) is 7.74. The molecule has 0 saturated carbocycles. The van der Waals surface area contributed by atoms with Crippen molar-refractivity contribution in [3.63, 3.8) is 0 Å². The SMILES string of the molecule is COc1ccc(-c2nc(CCNS(=O)(=O)c3ccccc3C#N)c(C)o2)cc1. The van der Waals surface area contributed by atoms with Gasteiger partial charge in [-0.15, -0.1) is 0 Å². The number of oxazole rings is 1. The van der Waals surface area contributed by atoms with Gasteiger partial charge in [-0.05, 0) is 43.3 Å². The Bertz CT molecular complexity index is 1110. The van der Waals surface area contributed by atoms with E-state index in [2.05, 4.69) is 9.71 Å². The number of benzene rings is 2. The minimum Gasteiger partial charge on any atom is -0.497 e. The molecular formula is C20H19N3O4S. The van der Waals surface area contributed by atoms with Crippen LogP contribution in [-0.4, -0.2) is 27.1 Å². The van der Waals surface area contributed by atoms with E-state index in [-0.39, 0.29) is 17.0 Å². The molecule has 0 aliphatic rings. The summed E-state index contributed by atoms with van der Waals surface area (Å²) in [7, 11) is -2.19. The van der Waals surface area contributed by atoms with Crippen molar-refractivity contribution >= 4 is 10.0 Å². The molecule has 0 aliphatic heterocycles. The molecule has 0 atom stereocenters. The molecular weight excluding hydrogens is 378 g/mol. The number of sulfonamides is 1. The van der Waals surface area contributed by atoms with Crippen molar-refractivity contribution in [3.05, 3.63) is 65.5 Å². The first kappa shape index (κ1) is 19.6. The molecule has 3 aromatic rings. The largest absolute Gasteiger partial charge is 0.497 e. The minimum atomic E-state index is -3.78. The maximum absolute atomic E-state index is 12.5. The number of hydrogen-bond donors (Lipinski definition) is 1. The molecule has 0 amide bonds. The maximum Gasteiger partial charge on any atom is 0.241 e. The maximum atomic E-state index is 12.5. The third kappa shape index (κ3) is 4.22. The zero-order valence-corrected chi connectivity index (χ0v) is 16.3. The lowest BCUT2D eigenvalue weighted by Crippen LogP contribution is -2.26. The van der Waals surface area contributed by atoms with Crippen molar-refractivity contribution < 1.29 is 17.6 Å². The Labute approximate surface area is 163 Å². The van der Waals surface area contributed by atoms with Crippen LogP contribution in [0.15, 0.2) is 57.8 Å². The summed E-state index contributed by atoms with van der Waals surface area (Å²) >= 11 is 0. The van der Waals surface area contributed by atoms with Gasteiger partial charge in [-0.1, -0.05) is 12.1 Å². The van der Waals surface area contributed by atoms with Crippen LogP contribution in [0.5, 0.6) is 5.75 Å². The Kier molecular flexibility index (Phi) is 5.78. The Hall–Kier alpha value is -3.15. The van der Waals surface area contributed by atoms with Gasteiger partial charge in [0.2, 0.25) is 15.9 Å². The van der Waals surface area contributed by atoms with Crippen molar-refractivity contribution in [2.24, 2.45) is 0 Å². The molecule has 0 aliphatic carbocycles. The Morgan fingerprint density at radius 3 is 2.57 bits per heavy atom. The number of nitrogens with zero attached hydrogens (tertiary/aromatic N) is 2. The molecule has 0 unspecified atom stereocenters. The van der Waals surface area contributed by atoms with Gasteiger partial charge in [0.15, 0.2) is 0 Å². The minimum absolute atomic E-state index is 0.0340. The first-order valence-corrected chi connectivity index (χ1v) is 10.0. The lowest BCUT2D eigenvalue weighted by molar-refractivity contribution is 0.415. The zero-order valence-electron chi connectivity index (χ0n) is 15.5. The lowest BCUT2D eigenvalue weighted by Gasteiger charge is -2.07. The smallest absolute Gasteiger partial charge is 0.241 e. The van der Waals surface area contributed by atoms with E-state index in [1.165, 1.54) is 12.1 Å². The highest BCUT2D eigenvalue weighted by Gasteiger charge is 2.18. The number of aromatic nitrogens is 1. The number of rotatable bonds is 7. The fourth-order valence-electron chi connectivity index (χ4n) is 2.69. The Balaban J connectivity index is 1.70. The van der Waals surface area contributed by atoms with E-state index >= 15 is 0 Å². The number of nitriles is 1. The summed E-state index contributed by atoms with van der Waals surface area (Å²) in [6, 6.07) is 15.3. The third-order valence-corrected chi connectivity index (χ3v) is 5.70. The van der Waals surface area contributed by atoms with Gasteiger partial charge in [-0.25, -0.2) is 18.1 Å². The molecule has 3 rings (SSSR count). The van der Waals surface area contributed by atoms with Gasteiger partial charge < -0.3 is 9.15 Å². The fourth-order valence-corrected chi connectivity index (χ4v) is 3.88. The van der Waals surface area contributed by atoms with E-state index < -0.39 is 10.0 Å². The molecule has 7 nitrogen and oxygen atoms in total. The Morgan fingerprint density at radius 1 is 1.18 bits per heavy atom. The normalized spacial score (nSPS) is 11.2. The summed E-state index contributed by atoms with van der Waals surface area (Å²) in [5.74, 6) is 1.83. The van der Waals surface area contributed by atoms with E-state index in [1.807, 2.05) is 30.3 Å². The van der Waals surface area contributed by atoms with Crippen LogP contribution in [0.1, 0.15) is 17.0 Å². The van der Waals surface area contributed by atoms with Gasteiger partial charge in [0.05, 0.1) is 23.3 Å². The summed E-state index contributed by atoms with van der Waals surface area (Å²) in [6.07, 6.45) is 0.361. The van der Waals surface area contributed by atoms with Crippen LogP contribution >= 0.6 is 0 Å². The van der Waals surface area contributed by atoms with E-state index in [1.54, 1.807) is 26.2 Å². The van der Waals surface area contributed by atoms with Gasteiger partial charge in [0, 0.05) is 18.5 Å². The fraction of sp³-hybridized carbons (Fsp3) is 0.200. The predicted molar refractivity (Wildman–Crippen MR) is 103 cm³/mol. The van der Waals surface area contributed by atoms with Crippen LogP contribution in [-0.2, 0) is 16.4 Å². The number of nitrogens with one attached hydrogen (secondary N) is 1. The molecule has 1 aromatic heterocycles. The second kappa shape index (κ2) is 8.25. The Morgan fingerprint density at radius 2 is 1.89 bits per heavy atom. The number of hydrogen-bond acceptors (Lipinski definition) is 6. The number of aryl methyl sites for hydroxylation is 1. The molecule has 0 radical (unpaired) electrons. The lowest BCUT2D eigenvalue weighted by atomic mass is 10.2. The quantitative estimate of drug-likeness (QED) is 0.657. The molecule has 0 bridgehead atoms. The van der Waals surface area contributed by atoms with Crippen molar-refractivity contribution in [1.29, 1.82) is 5.26 Å². The molecule has 0 spiro atoms. The van der Waals surface area contributed by atoms with Crippen LogP contribution in [0.3, 0.4) is 0 Å². The summed E-state index contributed by atoms with van der Waals surface area (Å²) in [6.45, 7) is 1.92. The molecule has 28 heavy (non-hydrogen) atoms. The van der Waals surface area contributed by atoms with Crippen molar-refractivity contribution in [2.75, 3.05) is 13.7 Å². The first-order valence-electron chi connectivity index (χ1n) is 8.54. The highest BCUT2D eigenvalue weighted by atomic mass is 32.2. The molecule has 8 heteroatoms. The summed E-state index contributed by atoms with van der Waals surface area (Å²) < 4.78 is 38.3. The topological polar surface area (TPSA) is 105 Å². The highest BCUT2D eigenvalue weighted by Crippen LogP contribution is 2.24. The van der Waals surface area contributed by atoms with Gasteiger partial charge in [0.25, 0.3) is 0 Å². The van der Waals surface area contributed by atoms with Crippen LogP contribution in [0.4, 0.5) is 0 Å². The van der Waals surface area contributed by atoms with Crippen molar-refractivity contribution in [2.45, 2.75) is 18.2 Å². The monoisotopic (exact) mass is 397 g/mol. The number of methoxy groups -OCH3 is 1. The molecule has 2 aromatic carbocycles. The van der Waals surface area contributed by atoms with Gasteiger partial charge >= 0.3 is 0 Å². The molecule has 0 saturated heterocycles. The summed E-state index contributed by atoms with van der Waals surface area (Å²) in [5.41, 5.74) is 1.58. The van der Waals surface area contributed by atoms with Crippen molar-refractivity contribution in [3.8, 4) is 23.3 Å². The van der Waals surface area contributed by atoms with Crippen LogP contribution in [0.25, 0.3) is 11.5 Å². The van der Waals surface area contributed by atoms with Crippen LogP contribution in [0, 0.1) is 18.3 Å². The molecule has 0 fully saturated rings. The predicted octanol–water partition coefficient (Wildman–Crippen LogP) is 3.05. The van der Waals surface area contributed by atoms with Gasteiger partial charge in [-0.2, -0.15) is 5.26 Å². The average Bonchev–Trinajstić information content (AvgIpc) is 3.08. The first-order chi connectivity index (χ1) is 13.4. The average molecular weight is 397 g/mol. The van der Waals surface area contributed by atoms with E-state index in [0.29, 0.717) is 23.8 Å². The highest BCUT2D eigenvalue weighted by molar-refractivity contribution is 7.89. The molecule has 1 N–H and O–H groups in total. The number of ether oxygens (including phenoxy) is 1. The van der Waals surface area contributed by atoms with Crippen LogP contribution in [0.2, 0.25) is 0 Å². The van der Waals surface area contributed by atoms with Gasteiger partial charge in [0.1, 0.15) is 17.6 Å². The summed E-state index contributed by atoms with van der Waals surface area (Å²) in [5, 5.41) is 9.09. The van der Waals surface area contributed by atoms with Gasteiger partial charge in [-0.3, -0.25) is 0 Å². The molecule has 144 valence electrons. The molecule has 1 heterocycles. The van der Waals surface area contributed by atoms with E-state index in [0.717, 1.165) is 11.3 Å². The third-order valence-electron chi connectivity index (χ3n) is 4.18. The van der Waals surface area contributed by atoms with E-state index in [9.17, 15) is 8.42 Å².